The number of thiocarbonyl (C=S) groups is 1. The van der Waals surface area contributed by atoms with E-state index >= 15 is 0 Å². The van der Waals surface area contributed by atoms with E-state index in [0.717, 1.165) is 19.3 Å². The zero-order valence-electron chi connectivity index (χ0n) is 15.3. The van der Waals surface area contributed by atoms with Gasteiger partial charge in [0.25, 0.3) is 5.91 Å². The molecule has 3 amide bonds. The number of carbonyl (C=O) groups excluding carboxylic acids is 3. The lowest BCUT2D eigenvalue weighted by Gasteiger charge is -2.24. The highest BCUT2D eigenvalue weighted by molar-refractivity contribution is 7.80. The Morgan fingerprint density at radius 2 is 1.85 bits per heavy atom. The molecule has 0 aromatic heterocycles. The van der Waals surface area contributed by atoms with Crippen LogP contribution in [-0.4, -0.2) is 45.8 Å². The van der Waals surface area contributed by atoms with Gasteiger partial charge in [0.05, 0.1) is 6.42 Å². The SMILES string of the molecule is CCCCCC(=O)NN1C(=S)N(C)C(=O)C1CC(=O)Nc1ccc(F)cc1. The minimum atomic E-state index is -0.918. The molecule has 0 saturated carbocycles. The van der Waals surface area contributed by atoms with Crippen LogP contribution in [0.2, 0.25) is 0 Å². The second kappa shape index (κ2) is 9.40. The summed E-state index contributed by atoms with van der Waals surface area (Å²) in [5.41, 5.74) is 3.05. The van der Waals surface area contributed by atoms with Gasteiger partial charge in [0.1, 0.15) is 11.9 Å². The van der Waals surface area contributed by atoms with Crippen molar-refractivity contribution < 1.29 is 18.8 Å². The number of amides is 3. The van der Waals surface area contributed by atoms with Crippen molar-refractivity contribution in [2.75, 3.05) is 12.4 Å². The fourth-order valence-electron chi connectivity index (χ4n) is 2.67. The predicted molar refractivity (Wildman–Crippen MR) is 103 cm³/mol. The van der Waals surface area contributed by atoms with E-state index in [0.29, 0.717) is 12.1 Å². The molecule has 0 bridgehead atoms. The number of benzene rings is 1. The number of hydrogen-bond donors (Lipinski definition) is 2. The third kappa shape index (κ3) is 5.46. The van der Waals surface area contributed by atoms with E-state index in [-0.39, 0.29) is 23.3 Å². The van der Waals surface area contributed by atoms with Crippen LogP contribution in [0.3, 0.4) is 0 Å². The van der Waals surface area contributed by atoms with Gasteiger partial charge < -0.3 is 5.32 Å². The first-order valence-electron chi connectivity index (χ1n) is 8.79. The summed E-state index contributed by atoms with van der Waals surface area (Å²) in [5.74, 6) is -1.48. The van der Waals surface area contributed by atoms with Crippen molar-refractivity contribution in [2.24, 2.45) is 0 Å². The third-order valence-electron chi connectivity index (χ3n) is 4.18. The van der Waals surface area contributed by atoms with Gasteiger partial charge in [-0.15, -0.1) is 0 Å². The minimum absolute atomic E-state index is 0.142. The Labute approximate surface area is 162 Å². The number of nitrogens with zero attached hydrogens (tertiary/aromatic N) is 2. The number of carbonyl (C=O) groups is 3. The second-order valence-corrected chi connectivity index (χ2v) is 6.68. The molecule has 9 heteroatoms. The van der Waals surface area contributed by atoms with Gasteiger partial charge in [-0.3, -0.25) is 24.7 Å². The molecule has 1 aromatic rings. The first-order valence-corrected chi connectivity index (χ1v) is 9.20. The molecule has 27 heavy (non-hydrogen) atoms. The van der Waals surface area contributed by atoms with E-state index in [4.69, 9.17) is 12.2 Å². The molecule has 0 radical (unpaired) electrons. The number of halogens is 1. The Bertz CT molecular complexity index is 726. The highest BCUT2D eigenvalue weighted by atomic mass is 32.1. The lowest BCUT2D eigenvalue weighted by atomic mass is 10.2. The van der Waals surface area contributed by atoms with Crippen molar-refractivity contribution in [3.8, 4) is 0 Å². The summed E-state index contributed by atoms with van der Waals surface area (Å²) in [7, 11) is 1.50. The molecule has 1 aliphatic heterocycles. The highest BCUT2D eigenvalue weighted by Gasteiger charge is 2.42. The van der Waals surface area contributed by atoms with Crippen molar-refractivity contribution in [1.82, 2.24) is 15.3 Å². The van der Waals surface area contributed by atoms with Gasteiger partial charge in [-0.25, -0.2) is 9.40 Å². The Kier molecular flexibility index (Phi) is 7.23. The topological polar surface area (TPSA) is 81.8 Å². The molecule has 1 atom stereocenters. The van der Waals surface area contributed by atoms with Crippen molar-refractivity contribution in [2.45, 2.75) is 45.1 Å². The van der Waals surface area contributed by atoms with E-state index in [2.05, 4.69) is 10.7 Å². The summed E-state index contributed by atoms with van der Waals surface area (Å²) in [6.07, 6.45) is 2.78. The van der Waals surface area contributed by atoms with Crippen LogP contribution in [-0.2, 0) is 14.4 Å². The van der Waals surface area contributed by atoms with Gasteiger partial charge in [0.15, 0.2) is 5.11 Å². The van der Waals surface area contributed by atoms with E-state index in [9.17, 15) is 18.8 Å². The first-order chi connectivity index (χ1) is 12.8. The van der Waals surface area contributed by atoms with Crippen molar-refractivity contribution >= 4 is 40.7 Å². The molecule has 0 spiro atoms. The highest BCUT2D eigenvalue weighted by Crippen LogP contribution is 2.19. The lowest BCUT2D eigenvalue weighted by molar-refractivity contribution is -0.132. The molecular formula is C18H23FN4O3S. The number of hydrazine groups is 1. The van der Waals surface area contributed by atoms with Gasteiger partial charge in [0.2, 0.25) is 11.8 Å². The number of rotatable bonds is 8. The van der Waals surface area contributed by atoms with Crippen LogP contribution < -0.4 is 10.7 Å². The van der Waals surface area contributed by atoms with Gasteiger partial charge in [-0.1, -0.05) is 19.8 Å². The van der Waals surface area contributed by atoms with Gasteiger partial charge in [-0.05, 0) is 42.9 Å². The number of hydrogen-bond acceptors (Lipinski definition) is 4. The summed E-state index contributed by atoms with van der Waals surface area (Å²) in [5, 5.41) is 4.02. The number of nitrogens with one attached hydrogen (secondary N) is 2. The fourth-order valence-corrected chi connectivity index (χ4v) is 2.94. The zero-order valence-corrected chi connectivity index (χ0v) is 16.1. The normalized spacial score (nSPS) is 16.6. The summed E-state index contributed by atoms with van der Waals surface area (Å²) in [6.45, 7) is 2.04. The molecule has 146 valence electrons. The Balaban J connectivity index is 2.01. The van der Waals surface area contributed by atoms with Crippen molar-refractivity contribution in [1.29, 1.82) is 0 Å². The van der Waals surface area contributed by atoms with Crippen LogP contribution in [0.1, 0.15) is 39.0 Å². The Hall–Kier alpha value is -2.55. The maximum absolute atomic E-state index is 12.9. The average molecular weight is 394 g/mol. The van der Waals surface area contributed by atoms with Crippen molar-refractivity contribution in [3.05, 3.63) is 30.1 Å². The Morgan fingerprint density at radius 3 is 2.48 bits per heavy atom. The zero-order chi connectivity index (χ0) is 20.0. The molecule has 0 aliphatic carbocycles. The van der Waals surface area contributed by atoms with E-state index in [1.54, 1.807) is 0 Å². The summed E-state index contributed by atoms with van der Waals surface area (Å²) in [4.78, 5) is 38.1. The molecule has 1 aromatic carbocycles. The van der Waals surface area contributed by atoms with Crippen LogP contribution in [0.4, 0.5) is 10.1 Å². The monoisotopic (exact) mass is 394 g/mol. The molecular weight excluding hydrogens is 371 g/mol. The van der Waals surface area contributed by atoms with Crippen LogP contribution in [0.25, 0.3) is 0 Å². The number of unbranched alkanes of at least 4 members (excludes halogenated alkanes) is 2. The lowest BCUT2D eigenvalue weighted by Crippen LogP contribution is -2.49. The van der Waals surface area contributed by atoms with Gasteiger partial charge in [0, 0.05) is 19.2 Å². The summed E-state index contributed by atoms with van der Waals surface area (Å²) < 4.78 is 12.9. The fraction of sp³-hybridized carbons (Fsp3) is 0.444. The predicted octanol–water partition coefficient (Wildman–Crippen LogP) is 2.19. The molecule has 1 heterocycles. The van der Waals surface area contributed by atoms with Crippen LogP contribution >= 0.6 is 12.2 Å². The molecule has 1 fully saturated rings. The maximum Gasteiger partial charge on any atom is 0.253 e. The molecule has 1 unspecified atom stereocenters. The number of anilines is 1. The maximum atomic E-state index is 12.9. The second-order valence-electron chi connectivity index (χ2n) is 6.32. The van der Waals surface area contributed by atoms with Crippen LogP contribution in [0.5, 0.6) is 0 Å². The average Bonchev–Trinajstić information content (AvgIpc) is 2.82. The quantitative estimate of drug-likeness (QED) is 0.522. The number of likely N-dealkylation sites (N-methyl/N-ethyl adjacent to an activating group) is 1. The van der Waals surface area contributed by atoms with Crippen molar-refractivity contribution in [3.63, 3.8) is 0 Å². The molecule has 2 N–H and O–H groups in total. The van der Waals surface area contributed by atoms with Gasteiger partial charge >= 0.3 is 0 Å². The molecule has 2 rings (SSSR count). The summed E-state index contributed by atoms with van der Waals surface area (Å²) >= 11 is 5.21. The first kappa shape index (κ1) is 20.8. The van der Waals surface area contributed by atoms with E-state index in [1.807, 2.05) is 6.92 Å². The molecule has 1 aliphatic rings. The minimum Gasteiger partial charge on any atom is -0.326 e. The third-order valence-corrected chi connectivity index (χ3v) is 4.65. The smallest absolute Gasteiger partial charge is 0.253 e. The van der Waals surface area contributed by atoms with E-state index in [1.165, 1.54) is 41.2 Å². The van der Waals surface area contributed by atoms with Gasteiger partial charge in [-0.2, -0.15) is 0 Å². The molecule has 7 nitrogen and oxygen atoms in total. The Morgan fingerprint density at radius 1 is 1.19 bits per heavy atom. The van der Waals surface area contributed by atoms with E-state index < -0.39 is 17.8 Å². The van der Waals surface area contributed by atoms with Crippen LogP contribution in [0, 0.1) is 5.82 Å². The summed E-state index contributed by atoms with van der Waals surface area (Å²) in [6, 6.07) is 4.38. The standard InChI is InChI=1S/C18H23FN4O3S/c1-3-4-5-6-15(24)21-23-14(17(26)22(2)18(23)27)11-16(25)20-13-9-7-12(19)8-10-13/h7-10,14H,3-6,11H2,1-2H3,(H,20,25)(H,21,24). The largest absolute Gasteiger partial charge is 0.326 e. The molecule has 1 saturated heterocycles. The van der Waals surface area contributed by atoms with Crippen LogP contribution in [0.15, 0.2) is 24.3 Å².